The van der Waals surface area contributed by atoms with Crippen molar-refractivity contribution in [3.63, 3.8) is 0 Å². The minimum atomic E-state index is -1.99. The zero-order valence-electron chi connectivity index (χ0n) is 9.49. The summed E-state index contributed by atoms with van der Waals surface area (Å²) < 4.78 is 7.47. The molecule has 0 spiro atoms. The van der Waals surface area contributed by atoms with E-state index in [0.29, 0.717) is 12.8 Å². The SMILES string of the molecule is CCCOC(=O)CC(O)(Br)C(=O)OCCC. The molecular weight excluding hydrogens is 280 g/mol. The molecule has 0 aliphatic rings. The molecule has 0 aromatic carbocycles. The van der Waals surface area contributed by atoms with E-state index in [9.17, 15) is 14.7 Å². The highest BCUT2D eigenvalue weighted by Crippen LogP contribution is 2.21. The molecule has 0 saturated heterocycles. The fourth-order valence-corrected chi connectivity index (χ4v) is 1.18. The first-order valence-electron chi connectivity index (χ1n) is 5.18. The highest BCUT2D eigenvalue weighted by atomic mass is 79.9. The number of ether oxygens (including phenoxy) is 2. The van der Waals surface area contributed by atoms with Gasteiger partial charge in [0.15, 0.2) is 0 Å². The molecular formula is C10H17BrO5. The smallest absolute Gasteiger partial charge is 0.350 e. The zero-order chi connectivity index (χ0) is 12.6. The third-order valence-corrected chi connectivity index (χ3v) is 2.20. The molecule has 16 heavy (non-hydrogen) atoms. The van der Waals surface area contributed by atoms with Crippen molar-refractivity contribution in [2.45, 2.75) is 37.6 Å². The van der Waals surface area contributed by atoms with E-state index in [2.05, 4.69) is 15.9 Å². The Labute approximate surface area is 103 Å². The fraction of sp³-hybridized carbons (Fsp3) is 0.800. The monoisotopic (exact) mass is 296 g/mol. The molecule has 0 amide bonds. The predicted octanol–water partition coefficient (Wildman–Crippen LogP) is 1.37. The van der Waals surface area contributed by atoms with Crippen molar-refractivity contribution in [2.24, 2.45) is 0 Å². The number of carbonyl (C=O) groups excluding carboxylic acids is 2. The van der Waals surface area contributed by atoms with Crippen LogP contribution >= 0.6 is 15.9 Å². The largest absolute Gasteiger partial charge is 0.466 e. The van der Waals surface area contributed by atoms with Crippen molar-refractivity contribution in [1.29, 1.82) is 0 Å². The standard InChI is InChI=1S/C10H17BrO5/c1-3-5-15-8(12)7-10(11,14)9(13)16-6-4-2/h14H,3-7H2,1-2H3. The van der Waals surface area contributed by atoms with Gasteiger partial charge in [0.25, 0.3) is 0 Å². The van der Waals surface area contributed by atoms with Crippen LogP contribution in [-0.2, 0) is 19.1 Å². The minimum absolute atomic E-state index is 0.205. The number of esters is 2. The molecule has 0 aromatic heterocycles. The molecule has 1 unspecified atom stereocenters. The van der Waals surface area contributed by atoms with Gasteiger partial charge in [0.1, 0.15) is 0 Å². The molecule has 1 atom stereocenters. The Morgan fingerprint density at radius 2 is 1.69 bits per heavy atom. The van der Waals surface area contributed by atoms with Gasteiger partial charge >= 0.3 is 11.9 Å². The first kappa shape index (κ1) is 15.4. The van der Waals surface area contributed by atoms with Gasteiger partial charge in [0.05, 0.1) is 19.6 Å². The quantitative estimate of drug-likeness (QED) is 0.567. The molecule has 0 aliphatic carbocycles. The highest BCUT2D eigenvalue weighted by molar-refractivity contribution is 9.10. The maximum Gasteiger partial charge on any atom is 0.350 e. The van der Waals surface area contributed by atoms with E-state index in [-0.39, 0.29) is 13.2 Å². The van der Waals surface area contributed by atoms with Crippen molar-refractivity contribution in [1.82, 2.24) is 0 Å². The molecule has 0 rings (SSSR count). The van der Waals surface area contributed by atoms with Crippen LogP contribution < -0.4 is 0 Å². The second-order valence-corrected chi connectivity index (χ2v) is 4.60. The van der Waals surface area contributed by atoms with E-state index >= 15 is 0 Å². The molecule has 0 fully saturated rings. The van der Waals surface area contributed by atoms with E-state index in [1.54, 1.807) is 0 Å². The number of aliphatic hydroxyl groups is 1. The van der Waals surface area contributed by atoms with Crippen LogP contribution in [0.3, 0.4) is 0 Å². The minimum Gasteiger partial charge on any atom is -0.466 e. The lowest BCUT2D eigenvalue weighted by atomic mass is 10.2. The summed E-state index contributed by atoms with van der Waals surface area (Å²) in [4.78, 5) is 22.5. The molecule has 0 heterocycles. The van der Waals surface area contributed by atoms with Crippen molar-refractivity contribution < 1.29 is 24.2 Å². The topological polar surface area (TPSA) is 72.8 Å². The average molecular weight is 297 g/mol. The van der Waals surface area contributed by atoms with E-state index in [0.717, 1.165) is 0 Å². The lowest BCUT2D eigenvalue weighted by Gasteiger charge is -2.18. The van der Waals surface area contributed by atoms with Crippen molar-refractivity contribution in [3.8, 4) is 0 Å². The summed E-state index contributed by atoms with van der Waals surface area (Å²) >= 11 is 2.75. The first-order chi connectivity index (χ1) is 7.44. The maximum absolute atomic E-state index is 11.3. The van der Waals surface area contributed by atoms with Gasteiger partial charge in [-0.2, -0.15) is 0 Å². The van der Waals surface area contributed by atoms with Crippen LogP contribution in [0.5, 0.6) is 0 Å². The van der Waals surface area contributed by atoms with Crippen LogP contribution in [0.4, 0.5) is 0 Å². The van der Waals surface area contributed by atoms with E-state index < -0.39 is 22.9 Å². The lowest BCUT2D eigenvalue weighted by molar-refractivity contribution is -0.162. The van der Waals surface area contributed by atoms with Crippen LogP contribution in [-0.4, -0.2) is 34.8 Å². The van der Waals surface area contributed by atoms with Gasteiger partial charge in [-0.15, -0.1) is 0 Å². The fourth-order valence-electron chi connectivity index (χ4n) is 0.836. The van der Waals surface area contributed by atoms with Gasteiger partial charge in [0, 0.05) is 0 Å². The zero-order valence-corrected chi connectivity index (χ0v) is 11.1. The number of carbonyl (C=O) groups is 2. The molecule has 0 radical (unpaired) electrons. The Morgan fingerprint density at radius 1 is 1.19 bits per heavy atom. The summed E-state index contributed by atoms with van der Waals surface area (Å²) in [6, 6.07) is 0. The van der Waals surface area contributed by atoms with Gasteiger partial charge in [-0.1, -0.05) is 13.8 Å². The van der Waals surface area contributed by atoms with Gasteiger partial charge < -0.3 is 14.6 Å². The van der Waals surface area contributed by atoms with Crippen molar-refractivity contribution >= 4 is 27.9 Å². The summed E-state index contributed by atoms with van der Waals surface area (Å²) in [7, 11) is 0. The predicted molar refractivity (Wildman–Crippen MR) is 61.0 cm³/mol. The van der Waals surface area contributed by atoms with Crippen molar-refractivity contribution in [2.75, 3.05) is 13.2 Å². The Morgan fingerprint density at radius 3 is 2.19 bits per heavy atom. The van der Waals surface area contributed by atoms with Crippen LogP contribution in [0.25, 0.3) is 0 Å². The second-order valence-electron chi connectivity index (χ2n) is 3.29. The van der Waals surface area contributed by atoms with Gasteiger partial charge in [-0.25, -0.2) is 4.79 Å². The first-order valence-corrected chi connectivity index (χ1v) is 5.97. The molecule has 0 saturated carbocycles. The van der Waals surface area contributed by atoms with Crippen LogP contribution in [0.1, 0.15) is 33.1 Å². The highest BCUT2D eigenvalue weighted by Gasteiger charge is 2.37. The second kappa shape index (κ2) is 7.62. The third kappa shape index (κ3) is 6.07. The van der Waals surface area contributed by atoms with Crippen LogP contribution in [0.2, 0.25) is 0 Å². The van der Waals surface area contributed by atoms with Gasteiger partial charge in [-0.3, -0.25) is 4.79 Å². The molecule has 0 aliphatic heterocycles. The molecule has 0 aromatic rings. The van der Waals surface area contributed by atoms with Gasteiger partial charge in [0.2, 0.25) is 4.51 Å². The van der Waals surface area contributed by atoms with E-state index in [4.69, 9.17) is 9.47 Å². The van der Waals surface area contributed by atoms with Crippen LogP contribution in [0, 0.1) is 0 Å². The molecule has 6 heteroatoms. The summed E-state index contributed by atoms with van der Waals surface area (Å²) in [5, 5.41) is 9.62. The number of hydrogen-bond donors (Lipinski definition) is 1. The Hall–Kier alpha value is -0.620. The molecule has 1 N–H and O–H groups in total. The summed E-state index contributed by atoms with van der Waals surface area (Å²) in [5.41, 5.74) is 0. The Balaban J connectivity index is 4.11. The maximum atomic E-state index is 11.3. The number of rotatable bonds is 7. The molecule has 5 nitrogen and oxygen atoms in total. The number of hydrogen-bond acceptors (Lipinski definition) is 5. The molecule has 0 bridgehead atoms. The number of halogens is 1. The van der Waals surface area contributed by atoms with E-state index in [1.807, 2.05) is 13.8 Å². The Bertz CT molecular complexity index is 239. The average Bonchev–Trinajstić information content (AvgIpc) is 2.22. The molecule has 94 valence electrons. The third-order valence-electron chi connectivity index (χ3n) is 1.60. The van der Waals surface area contributed by atoms with Crippen molar-refractivity contribution in [3.05, 3.63) is 0 Å². The van der Waals surface area contributed by atoms with Gasteiger partial charge in [-0.05, 0) is 28.8 Å². The van der Waals surface area contributed by atoms with E-state index in [1.165, 1.54) is 0 Å². The number of alkyl halides is 1. The summed E-state index contributed by atoms with van der Waals surface area (Å²) in [5.74, 6) is -1.52. The Kier molecular flexibility index (Phi) is 7.33. The summed E-state index contributed by atoms with van der Waals surface area (Å²) in [6.07, 6.45) is 0.872. The summed E-state index contributed by atoms with van der Waals surface area (Å²) in [6.45, 7) is 4.15. The van der Waals surface area contributed by atoms with Crippen LogP contribution in [0.15, 0.2) is 0 Å². The lowest BCUT2D eigenvalue weighted by Crippen LogP contribution is -2.36. The normalized spacial score (nSPS) is 14.0.